The molecule has 0 aliphatic heterocycles. The predicted octanol–water partition coefficient (Wildman–Crippen LogP) is -0.430. The van der Waals surface area contributed by atoms with Gasteiger partial charge in [-0.3, -0.25) is 9.59 Å². The largest absolute Gasteiger partial charge is 0.468 e. The van der Waals surface area contributed by atoms with Crippen molar-refractivity contribution in [3.05, 3.63) is 0 Å². The second kappa shape index (κ2) is 7.98. The molecular weight excluding hydrogens is 234 g/mol. The monoisotopic (exact) mass is 249 g/mol. The highest BCUT2D eigenvalue weighted by Gasteiger charge is 2.20. The van der Waals surface area contributed by atoms with E-state index in [0.29, 0.717) is 0 Å². The number of hydrogen-bond acceptors (Lipinski definition) is 6. The minimum Gasteiger partial charge on any atom is -0.468 e. The maximum absolute atomic E-state index is 11.2. The van der Waals surface area contributed by atoms with Gasteiger partial charge in [0.05, 0.1) is 20.0 Å². The molecule has 0 saturated heterocycles. The molecule has 92 valence electrons. The second-order valence-corrected chi connectivity index (χ2v) is 3.90. The zero-order valence-electron chi connectivity index (χ0n) is 9.44. The van der Waals surface area contributed by atoms with E-state index < -0.39 is 12.0 Å². The first-order chi connectivity index (χ1) is 7.51. The molecule has 0 aromatic heterocycles. The van der Waals surface area contributed by atoms with E-state index in [1.165, 1.54) is 32.9 Å². The molecule has 0 bridgehead atoms. The first-order valence-corrected chi connectivity index (χ1v) is 5.66. The summed E-state index contributed by atoms with van der Waals surface area (Å²) in [6.07, 6.45) is 0. The zero-order chi connectivity index (χ0) is 12.6. The normalized spacial score (nSPS) is 11.4. The number of hydrogen-bond donors (Lipinski definition) is 1. The van der Waals surface area contributed by atoms with Crippen molar-refractivity contribution in [2.24, 2.45) is 0 Å². The van der Waals surface area contributed by atoms with Crippen LogP contribution in [0.2, 0.25) is 0 Å². The molecule has 1 unspecified atom stereocenters. The summed E-state index contributed by atoms with van der Waals surface area (Å²) in [5.41, 5.74) is 0. The van der Waals surface area contributed by atoms with Crippen LogP contribution in [0.5, 0.6) is 0 Å². The van der Waals surface area contributed by atoms with Gasteiger partial charge in [0, 0.05) is 12.7 Å². The van der Waals surface area contributed by atoms with Gasteiger partial charge in [-0.25, -0.2) is 4.79 Å². The van der Waals surface area contributed by atoms with Crippen molar-refractivity contribution < 1.29 is 23.9 Å². The average Bonchev–Trinajstić information content (AvgIpc) is 2.25. The van der Waals surface area contributed by atoms with Crippen LogP contribution < -0.4 is 5.32 Å². The van der Waals surface area contributed by atoms with Crippen LogP contribution in [0, 0.1) is 0 Å². The second-order valence-electron chi connectivity index (χ2n) is 2.87. The molecule has 1 N–H and O–H groups in total. The fourth-order valence-electron chi connectivity index (χ4n) is 0.875. The lowest BCUT2D eigenvalue weighted by Gasteiger charge is -2.14. The van der Waals surface area contributed by atoms with Crippen LogP contribution in [-0.2, 0) is 23.9 Å². The lowest BCUT2D eigenvalue weighted by atomic mass is 10.3. The fourth-order valence-corrected chi connectivity index (χ4v) is 1.73. The third-order valence-electron chi connectivity index (χ3n) is 1.60. The maximum Gasteiger partial charge on any atom is 0.329 e. The first kappa shape index (κ1) is 14.8. The fraction of sp³-hybridized carbons (Fsp3) is 0.667. The molecule has 0 aromatic carbocycles. The van der Waals surface area contributed by atoms with E-state index in [0.717, 1.165) is 0 Å². The Morgan fingerprint density at radius 3 is 2.31 bits per heavy atom. The summed E-state index contributed by atoms with van der Waals surface area (Å²) in [5, 5.41) is 2.44. The summed E-state index contributed by atoms with van der Waals surface area (Å²) in [6, 6.07) is -0.739. The van der Waals surface area contributed by atoms with Crippen LogP contribution >= 0.6 is 11.8 Å². The van der Waals surface area contributed by atoms with Crippen molar-refractivity contribution >= 4 is 29.6 Å². The van der Waals surface area contributed by atoms with Gasteiger partial charge in [0.25, 0.3) is 0 Å². The number of ether oxygens (including phenoxy) is 2. The topological polar surface area (TPSA) is 81.7 Å². The number of esters is 2. The Bertz CT molecular complexity index is 269. The van der Waals surface area contributed by atoms with Gasteiger partial charge in [-0.2, -0.15) is 0 Å². The van der Waals surface area contributed by atoms with Crippen molar-refractivity contribution in [1.29, 1.82) is 0 Å². The molecule has 0 fully saturated rings. The van der Waals surface area contributed by atoms with Crippen LogP contribution in [-0.4, -0.2) is 49.6 Å². The Morgan fingerprint density at radius 1 is 1.25 bits per heavy atom. The summed E-state index contributed by atoms with van der Waals surface area (Å²) in [6.45, 7) is 1.31. The van der Waals surface area contributed by atoms with Crippen LogP contribution in [0.4, 0.5) is 0 Å². The maximum atomic E-state index is 11.2. The van der Waals surface area contributed by atoms with E-state index in [2.05, 4.69) is 14.8 Å². The van der Waals surface area contributed by atoms with Gasteiger partial charge in [0.2, 0.25) is 5.91 Å². The van der Waals surface area contributed by atoms with Gasteiger partial charge in [0.15, 0.2) is 0 Å². The van der Waals surface area contributed by atoms with E-state index in [1.807, 2.05) is 0 Å². The molecular formula is C9H15NO5S. The molecule has 16 heavy (non-hydrogen) atoms. The molecule has 0 rings (SSSR count). The van der Waals surface area contributed by atoms with Crippen LogP contribution in [0.15, 0.2) is 0 Å². The van der Waals surface area contributed by atoms with Gasteiger partial charge in [-0.05, 0) is 0 Å². The third kappa shape index (κ3) is 6.28. The number of amides is 1. The molecule has 0 saturated carbocycles. The van der Waals surface area contributed by atoms with Gasteiger partial charge in [-0.15, -0.1) is 11.8 Å². The van der Waals surface area contributed by atoms with Gasteiger partial charge >= 0.3 is 11.9 Å². The predicted molar refractivity (Wildman–Crippen MR) is 59.0 cm³/mol. The summed E-state index contributed by atoms with van der Waals surface area (Å²) in [5.74, 6) is -0.844. The first-order valence-electron chi connectivity index (χ1n) is 4.50. The number of thioether (sulfide) groups is 1. The molecule has 1 atom stereocenters. The Hall–Kier alpha value is -1.24. The summed E-state index contributed by atoms with van der Waals surface area (Å²) in [4.78, 5) is 32.8. The van der Waals surface area contributed by atoms with E-state index in [9.17, 15) is 14.4 Å². The minimum absolute atomic E-state index is 0.129. The van der Waals surface area contributed by atoms with Gasteiger partial charge in [0.1, 0.15) is 6.04 Å². The number of nitrogens with one attached hydrogen (secondary N) is 1. The number of carbonyl (C=O) groups excluding carboxylic acids is 3. The standard InChI is InChI=1S/C9H15NO5S/c1-6(11)10-7(9(13)15-3)4-16-5-8(12)14-2/h7H,4-5H2,1-3H3,(H,10,11). The molecule has 6 nitrogen and oxygen atoms in total. The van der Waals surface area contributed by atoms with Gasteiger partial charge < -0.3 is 14.8 Å². The molecule has 7 heteroatoms. The van der Waals surface area contributed by atoms with E-state index >= 15 is 0 Å². The van der Waals surface area contributed by atoms with Crippen molar-refractivity contribution in [1.82, 2.24) is 5.32 Å². The average molecular weight is 249 g/mol. The summed E-state index contributed by atoms with van der Waals surface area (Å²) < 4.78 is 8.95. The molecule has 0 aliphatic rings. The van der Waals surface area contributed by atoms with E-state index in [1.54, 1.807) is 0 Å². The molecule has 0 heterocycles. The quantitative estimate of drug-likeness (QED) is 0.643. The molecule has 0 radical (unpaired) electrons. The summed E-state index contributed by atoms with van der Waals surface area (Å²) >= 11 is 1.19. The highest BCUT2D eigenvalue weighted by molar-refractivity contribution is 8.00. The molecule has 0 aliphatic carbocycles. The SMILES string of the molecule is COC(=O)CSCC(NC(C)=O)C(=O)OC. The Kier molecular flexibility index (Phi) is 7.36. The molecule has 0 spiro atoms. The number of methoxy groups -OCH3 is 2. The smallest absolute Gasteiger partial charge is 0.329 e. The number of carbonyl (C=O) groups is 3. The van der Waals surface area contributed by atoms with E-state index in [-0.39, 0.29) is 23.4 Å². The minimum atomic E-state index is -0.739. The lowest BCUT2D eigenvalue weighted by molar-refractivity contribution is -0.144. The van der Waals surface area contributed by atoms with E-state index in [4.69, 9.17) is 0 Å². The highest BCUT2D eigenvalue weighted by Crippen LogP contribution is 2.05. The van der Waals surface area contributed by atoms with Crippen LogP contribution in [0.25, 0.3) is 0 Å². The zero-order valence-corrected chi connectivity index (χ0v) is 10.3. The molecule has 0 aromatic rings. The third-order valence-corrected chi connectivity index (χ3v) is 2.60. The van der Waals surface area contributed by atoms with Gasteiger partial charge in [-0.1, -0.05) is 0 Å². The van der Waals surface area contributed by atoms with Crippen LogP contribution in [0.1, 0.15) is 6.92 Å². The summed E-state index contributed by atoms with van der Waals surface area (Å²) in [7, 11) is 2.52. The van der Waals surface area contributed by atoms with Crippen molar-refractivity contribution in [3.63, 3.8) is 0 Å². The van der Waals surface area contributed by atoms with Crippen molar-refractivity contribution in [3.8, 4) is 0 Å². The number of rotatable bonds is 6. The highest BCUT2D eigenvalue weighted by atomic mass is 32.2. The Labute approximate surface area is 98.0 Å². The Balaban J connectivity index is 4.06. The van der Waals surface area contributed by atoms with Crippen molar-refractivity contribution in [2.75, 3.05) is 25.7 Å². The Morgan fingerprint density at radius 2 is 1.88 bits per heavy atom. The lowest BCUT2D eigenvalue weighted by Crippen LogP contribution is -2.42. The van der Waals surface area contributed by atoms with Crippen LogP contribution in [0.3, 0.4) is 0 Å². The molecule has 1 amide bonds. The van der Waals surface area contributed by atoms with Crippen molar-refractivity contribution in [2.45, 2.75) is 13.0 Å².